The molecule has 4 heteroatoms. The molecule has 0 bridgehead atoms. The van der Waals surface area contributed by atoms with Crippen LogP contribution in [0.2, 0.25) is 0 Å². The molecule has 2 heterocycles. The molecule has 0 aromatic carbocycles. The number of nitrogens with one attached hydrogen (secondary N) is 1. The number of hydrogen-bond donors (Lipinski definition) is 1. The predicted molar refractivity (Wildman–Crippen MR) is 75.3 cm³/mol. The van der Waals surface area contributed by atoms with Crippen LogP contribution >= 0.6 is 0 Å². The molecule has 1 aromatic rings. The van der Waals surface area contributed by atoms with E-state index in [0.29, 0.717) is 12.5 Å². The lowest BCUT2D eigenvalue weighted by molar-refractivity contribution is 0.0678. The summed E-state index contributed by atoms with van der Waals surface area (Å²) in [5.74, 6) is 1.48. The Kier molecular flexibility index (Phi) is 5.61. The Morgan fingerprint density at radius 3 is 3.00 bits per heavy atom. The van der Waals surface area contributed by atoms with Crippen molar-refractivity contribution in [1.82, 2.24) is 10.3 Å². The largest absolute Gasteiger partial charge is 0.489 e. The van der Waals surface area contributed by atoms with E-state index in [1.165, 1.54) is 0 Å². The van der Waals surface area contributed by atoms with Crippen molar-refractivity contribution in [1.29, 1.82) is 0 Å². The van der Waals surface area contributed by atoms with Crippen molar-refractivity contribution < 1.29 is 9.47 Å². The maximum atomic E-state index is 5.68. The van der Waals surface area contributed by atoms with Gasteiger partial charge in [-0.1, -0.05) is 13.8 Å². The highest BCUT2D eigenvalue weighted by Crippen LogP contribution is 2.15. The van der Waals surface area contributed by atoms with Gasteiger partial charge in [-0.25, -0.2) is 0 Å². The lowest BCUT2D eigenvalue weighted by atomic mass is 10.2. The minimum atomic E-state index is 0.257. The van der Waals surface area contributed by atoms with Crippen LogP contribution in [0.25, 0.3) is 0 Å². The van der Waals surface area contributed by atoms with Gasteiger partial charge in [0.15, 0.2) is 0 Å². The number of hydrogen-bond acceptors (Lipinski definition) is 4. The molecule has 0 amide bonds. The Morgan fingerprint density at radius 1 is 1.47 bits per heavy atom. The Morgan fingerprint density at radius 2 is 2.37 bits per heavy atom. The zero-order valence-electron chi connectivity index (χ0n) is 11.9. The normalized spacial score (nSPS) is 19.0. The number of nitrogens with zero attached hydrogens (tertiary/aromatic N) is 1. The highest BCUT2D eigenvalue weighted by Gasteiger charge is 2.15. The molecule has 1 N–H and O–H groups in total. The Balaban J connectivity index is 1.71. The maximum Gasteiger partial charge on any atom is 0.137 e. The molecule has 0 aliphatic carbocycles. The Bertz CT molecular complexity index is 359. The highest BCUT2D eigenvalue weighted by atomic mass is 16.5. The standard InChI is InChI=1S/C15H24N2O2/c1-12(2)8-16-9-13-5-6-14(10-17-13)19-11-15-4-3-7-18-15/h5-6,10,12,15-16H,3-4,7-9,11H2,1-2H3. The van der Waals surface area contributed by atoms with Gasteiger partial charge in [0.25, 0.3) is 0 Å². The van der Waals surface area contributed by atoms with Gasteiger partial charge < -0.3 is 14.8 Å². The molecule has 106 valence electrons. The molecule has 1 aromatic heterocycles. The van der Waals surface area contributed by atoms with Crippen molar-refractivity contribution in [3.63, 3.8) is 0 Å². The van der Waals surface area contributed by atoms with Gasteiger partial charge in [-0.3, -0.25) is 4.98 Å². The number of aromatic nitrogens is 1. The Hall–Kier alpha value is -1.13. The molecule has 2 rings (SSSR count). The number of ether oxygens (including phenoxy) is 2. The van der Waals surface area contributed by atoms with Crippen molar-refractivity contribution in [2.24, 2.45) is 5.92 Å². The molecule has 1 aliphatic heterocycles. The van der Waals surface area contributed by atoms with Crippen molar-refractivity contribution in [2.75, 3.05) is 19.8 Å². The van der Waals surface area contributed by atoms with Crippen molar-refractivity contribution in [3.8, 4) is 5.75 Å². The number of rotatable bonds is 7. The van der Waals surface area contributed by atoms with Crippen LogP contribution in [-0.4, -0.2) is 30.8 Å². The third-order valence-electron chi connectivity index (χ3n) is 3.12. The molecular weight excluding hydrogens is 240 g/mol. The summed E-state index contributed by atoms with van der Waals surface area (Å²) in [6.07, 6.45) is 4.30. The van der Waals surface area contributed by atoms with E-state index >= 15 is 0 Å². The molecular formula is C15H24N2O2. The van der Waals surface area contributed by atoms with E-state index < -0.39 is 0 Å². The van der Waals surface area contributed by atoms with Gasteiger partial charge in [-0.15, -0.1) is 0 Å². The lowest BCUT2D eigenvalue weighted by Crippen LogP contribution is -2.19. The fourth-order valence-electron chi connectivity index (χ4n) is 2.05. The van der Waals surface area contributed by atoms with E-state index in [2.05, 4.69) is 24.1 Å². The second-order valence-electron chi connectivity index (χ2n) is 5.46. The van der Waals surface area contributed by atoms with Crippen molar-refractivity contribution >= 4 is 0 Å². The average molecular weight is 264 g/mol. The maximum absolute atomic E-state index is 5.68. The van der Waals surface area contributed by atoms with Crippen LogP contribution in [0.3, 0.4) is 0 Å². The quantitative estimate of drug-likeness (QED) is 0.821. The average Bonchev–Trinajstić information content (AvgIpc) is 2.90. The molecule has 1 atom stereocenters. The molecule has 1 aliphatic rings. The van der Waals surface area contributed by atoms with Gasteiger partial charge in [0.05, 0.1) is 18.0 Å². The zero-order valence-corrected chi connectivity index (χ0v) is 11.9. The van der Waals surface area contributed by atoms with Gasteiger partial charge in [-0.2, -0.15) is 0 Å². The van der Waals surface area contributed by atoms with E-state index in [1.807, 2.05) is 12.1 Å². The topological polar surface area (TPSA) is 43.4 Å². The second-order valence-corrected chi connectivity index (χ2v) is 5.46. The summed E-state index contributed by atoms with van der Waals surface area (Å²) >= 11 is 0. The van der Waals surface area contributed by atoms with Crippen molar-refractivity contribution in [2.45, 2.75) is 39.3 Å². The van der Waals surface area contributed by atoms with Crippen LogP contribution in [0.15, 0.2) is 18.3 Å². The zero-order chi connectivity index (χ0) is 13.5. The summed E-state index contributed by atoms with van der Waals surface area (Å²) in [6, 6.07) is 3.99. The first-order chi connectivity index (χ1) is 9.24. The highest BCUT2D eigenvalue weighted by molar-refractivity contribution is 5.19. The SMILES string of the molecule is CC(C)CNCc1ccc(OCC2CCCO2)cn1. The molecule has 1 unspecified atom stereocenters. The van der Waals surface area contributed by atoms with E-state index in [-0.39, 0.29) is 6.10 Å². The van der Waals surface area contributed by atoms with Crippen LogP contribution in [0.1, 0.15) is 32.4 Å². The van der Waals surface area contributed by atoms with Gasteiger partial charge >= 0.3 is 0 Å². The number of pyridine rings is 1. The minimum Gasteiger partial charge on any atom is -0.489 e. The first-order valence-electron chi connectivity index (χ1n) is 7.14. The first-order valence-corrected chi connectivity index (χ1v) is 7.14. The van der Waals surface area contributed by atoms with Crippen LogP contribution in [0, 0.1) is 5.92 Å². The summed E-state index contributed by atoms with van der Waals surface area (Å²) in [7, 11) is 0. The third kappa shape index (κ3) is 5.17. The minimum absolute atomic E-state index is 0.257. The lowest BCUT2D eigenvalue weighted by Gasteiger charge is -2.11. The first kappa shape index (κ1) is 14.3. The summed E-state index contributed by atoms with van der Waals surface area (Å²) in [5, 5.41) is 3.37. The monoisotopic (exact) mass is 264 g/mol. The van der Waals surface area contributed by atoms with Gasteiger partial charge in [0.2, 0.25) is 0 Å². The molecule has 1 saturated heterocycles. The van der Waals surface area contributed by atoms with Crippen LogP contribution in [0.4, 0.5) is 0 Å². The fourth-order valence-corrected chi connectivity index (χ4v) is 2.05. The third-order valence-corrected chi connectivity index (χ3v) is 3.12. The van der Waals surface area contributed by atoms with Crippen LogP contribution in [0.5, 0.6) is 5.75 Å². The predicted octanol–water partition coefficient (Wildman–Crippen LogP) is 2.39. The summed E-state index contributed by atoms with van der Waals surface area (Å²) < 4.78 is 11.2. The van der Waals surface area contributed by atoms with Crippen LogP contribution in [-0.2, 0) is 11.3 Å². The van der Waals surface area contributed by atoms with Crippen LogP contribution < -0.4 is 10.1 Å². The fraction of sp³-hybridized carbons (Fsp3) is 0.667. The van der Waals surface area contributed by atoms with E-state index in [4.69, 9.17) is 9.47 Å². The smallest absolute Gasteiger partial charge is 0.137 e. The molecule has 0 saturated carbocycles. The van der Waals surface area contributed by atoms with E-state index in [9.17, 15) is 0 Å². The van der Waals surface area contributed by atoms with E-state index in [1.54, 1.807) is 6.20 Å². The van der Waals surface area contributed by atoms with Gasteiger partial charge in [0.1, 0.15) is 12.4 Å². The second kappa shape index (κ2) is 7.46. The summed E-state index contributed by atoms with van der Waals surface area (Å²) in [5.41, 5.74) is 1.05. The van der Waals surface area contributed by atoms with E-state index in [0.717, 1.165) is 44.0 Å². The summed E-state index contributed by atoms with van der Waals surface area (Å²) in [6.45, 7) is 7.72. The Labute approximate surface area is 115 Å². The molecule has 0 spiro atoms. The van der Waals surface area contributed by atoms with Gasteiger partial charge in [-0.05, 0) is 37.4 Å². The molecule has 0 radical (unpaired) electrons. The molecule has 1 fully saturated rings. The van der Waals surface area contributed by atoms with Gasteiger partial charge in [0, 0.05) is 13.2 Å². The molecule has 4 nitrogen and oxygen atoms in total. The summed E-state index contributed by atoms with van der Waals surface area (Å²) in [4.78, 5) is 4.39. The molecule has 19 heavy (non-hydrogen) atoms. The van der Waals surface area contributed by atoms with Crippen molar-refractivity contribution in [3.05, 3.63) is 24.0 Å².